The number of benzene rings is 2. The summed E-state index contributed by atoms with van der Waals surface area (Å²) in [4.78, 5) is 54.2. The Hall–Kier alpha value is -3.59. The molecule has 3 saturated heterocycles. The Morgan fingerprint density at radius 1 is 1.09 bits per heavy atom. The molecule has 0 spiro atoms. The van der Waals surface area contributed by atoms with E-state index in [0.717, 1.165) is 17.7 Å². The second kappa shape index (κ2) is 7.52. The maximum absolute atomic E-state index is 13.6. The number of methoxy groups -OCH3 is 1. The number of non-ortho nitro benzene ring substituents is 1. The molecule has 5 rings (SSSR count). The van der Waals surface area contributed by atoms with Gasteiger partial charge in [0.15, 0.2) is 5.78 Å². The second-order valence-electron chi connectivity index (χ2n) is 8.30. The van der Waals surface area contributed by atoms with Gasteiger partial charge in [-0.25, -0.2) is 4.90 Å². The largest absolute Gasteiger partial charge is 0.494 e. The summed E-state index contributed by atoms with van der Waals surface area (Å²) in [5, 5.41) is 11.1. The number of anilines is 1. The molecule has 3 heterocycles. The number of fused-ring (bicyclic) bond motifs is 3. The van der Waals surface area contributed by atoms with E-state index in [1.165, 1.54) is 25.3 Å². The lowest BCUT2D eigenvalue weighted by molar-refractivity contribution is -0.384. The van der Waals surface area contributed by atoms with Crippen molar-refractivity contribution < 1.29 is 24.0 Å². The monoisotopic (exact) mass is 435 g/mol. The molecule has 4 atom stereocenters. The normalized spacial score (nSPS) is 26.8. The van der Waals surface area contributed by atoms with Gasteiger partial charge < -0.3 is 4.74 Å². The number of nitro benzene ring substituents is 1. The second-order valence-corrected chi connectivity index (χ2v) is 8.30. The molecular weight excluding hydrogens is 414 g/mol. The Balaban J connectivity index is 1.56. The van der Waals surface area contributed by atoms with Gasteiger partial charge in [0.2, 0.25) is 11.8 Å². The van der Waals surface area contributed by atoms with Crippen LogP contribution in [0.4, 0.5) is 11.4 Å². The van der Waals surface area contributed by atoms with Crippen LogP contribution in [0, 0.1) is 22.0 Å². The molecule has 3 aliphatic rings. The molecule has 9 nitrogen and oxygen atoms in total. The van der Waals surface area contributed by atoms with Gasteiger partial charge in [0.05, 0.1) is 41.7 Å². The van der Waals surface area contributed by atoms with E-state index in [0.29, 0.717) is 12.1 Å². The molecule has 32 heavy (non-hydrogen) atoms. The molecule has 0 radical (unpaired) electrons. The fourth-order valence-electron chi connectivity index (χ4n) is 5.49. The summed E-state index contributed by atoms with van der Waals surface area (Å²) in [5.41, 5.74) is 0.470. The smallest absolute Gasteiger partial charge is 0.273 e. The van der Waals surface area contributed by atoms with Gasteiger partial charge >= 0.3 is 0 Å². The van der Waals surface area contributed by atoms with Crippen LogP contribution in [0.3, 0.4) is 0 Å². The lowest BCUT2D eigenvalue weighted by Crippen LogP contribution is -2.46. The highest BCUT2D eigenvalue weighted by molar-refractivity contribution is 6.25. The van der Waals surface area contributed by atoms with Gasteiger partial charge in [-0.05, 0) is 25.5 Å². The van der Waals surface area contributed by atoms with E-state index in [4.69, 9.17) is 4.74 Å². The predicted octanol–water partition coefficient (Wildman–Crippen LogP) is 2.44. The molecule has 3 aliphatic heterocycles. The minimum atomic E-state index is -0.791. The Morgan fingerprint density at radius 3 is 2.50 bits per heavy atom. The van der Waals surface area contributed by atoms with Crippen LogP contribution < -0.4 is 9.64 Å². The van der Waals surface area contributed by atoms with Crippen molar-refractivity contribution in [1.82, 2.24) is 4.90 Å². The van der Waals surface area contributed by atoms with Crippen molar-refractivity contribution in [1.29, 1.82) is 0 Å². The minimum absolute atomic E-state index is 0.0649. The first-order valence-electron chi connectivity index (χ1n) is 10.5. The molecule has 0 saturated carbocycles. The molecule has 0 unspecified atom stereocenters. The summed E-state index contributed by atoms with van der Waals surface area (Å²) in [6, 6.07) is 11.7. The topological polar surface area (TPSA) is 110 Å². The summed E-state index contributed by atoms with van der Waals surface area (Å²) in [7, 11) is 1.33. The average Bonchev–Trinajstić information content (AvgIpc) is 3.45. The summed E-state index contributed by atoms with van der Waals surface area (Å²) < 4.78 is 5.27. The highest BCUT2D eigenvalue weighted by Crippen LogP contribution is 2.49. The quantitative estimate of drug-likeness (QED) is 0.307. The van der Waals surface area contributed by atoms with Gasteiger partial charge in [-0.15, -0.1) is 0 Å². The van der Waals surface area contributed by atoms with E-state index in [9.17, 15) is 24.5 Å². The number of imide groups is 1. The number of ether oxygens (including phenoxy) is 1. The van der Waals surface area contributed by atoms with E-state index in [-0.39, 0.29) is 34.9 Å². The van der Waals surface area contributed by atoms with Crippen LogP contribution in [-0.4, -0.2) is 53.2 Å². The van der Waals surface area contributed by atoms with Gasteiger partial charge in [0.25, 0.3) is 5.69 Å². The molecule has 0 bridgehead atoms. The van der Waals surface area contributed by atoms with E-state index in [2.05, 4.69) is 0 Å². The zero-order valence-electron chi connectivity index (χ0n) is 17.3. The standard InChI is InChI=1S/C23H21N3O6/c1-32-17-12-14(26(30)31)9-10-15(17)25-22(28)18-16-8-5-11-24(16)20(19(18)23(25)29)21(27)13-6-3-2-4-7-13/h2-4,6-7,9-10,12,16,18-20H,5,8,11H2,1H3/t16-,18+,19+,20+/m1/s1. The molecule has 0 N–H and O–H groups in total. The molecule has 9 heteroatoms. The van der Waals surface area contributed by atoms with Gasteiger partial charge in [-0.3, -0.25) is 29.4 Å². The Morgan fingerprint density at radius 2 is 1.81 bits per heavy atom. The first-order valence-corrected chi connectivity index (χ1v) is 10.5. The molecule has 2 aromatic carbocycles. The van der Waals surface area contributed by atoms with Crippen molar-refractivity contribution in [2.75, 3.05) is 18.6 Å². The van der Waals surface area contributed by atoms with Crippen LogP contribution in [0.2, 0.25) is 0 Å². The lowest BCUT2D eigenvalue weighted by atomic mass is 9.85. The van der Waals surface area contributed by atoms with Crippen molar-refractivity contribution in [3.8, 4) is 5.75 Å². The van der Waals surface area contributed by atoms with Crippen LogP contribution in [0.1, 0.15) is 23.2 Å². The van der Waals surface area contributed by atoms with Gasteiger partial charge in [-0.2, -0.15) is 0 Å². The number of hydrogen-bond acceptors (Lipinski definition) is 7. The van der Waals surface area contributed by atoms with Crippen molar-refractivity contribution >= 4 is 29.0 Å². The molecule has 164 valence electrons. The lowest BCUT2D eigenvalue weighted by Gasteiger charge is -2.28. The highest BCUT2D eigenvalue weighted by Gasteiger charge is 2.65. The Labute approximate surface area is 183 Å². The van der Waals surface area contributed by atoms with Crippen molar-refractivity contribution in [3.63, 3.8) is 0 Å². The van der Waals surface area contributed by atoms with E-state index >= 15 is 0 Å². The molecular formula is C23H21N3O6. The number of nitrogens with zero attached hydrogens (tertiary/aromatic N) is 3. The summed E-state index contributed by atoms with van der Waals surface area (Å²) in [6.45, 7) is 0.669. The number of rotatable bonds is 5. The van der Waals surface area contributed by atoms with E-state index < -0.39 is 28.7 Å². The van der Waals surface area contributed by atoms with Crippen LogP contribution in [-0.2, 0) is 9.59 Å². The van der Waals surface area contributed by atoms with Gasteiger partial charge in [0, 0.05) is 17.7 Å². The number of ketones is 1. The van der Waals surface area contributed by atoms with Crippen LogP contribution in [0.25, 0.3) is 0 Å². The summed E-state index contributed by atoms with van der Waals surface area (Å²) in [5.74, 6) is -2.36. The van der Waals surface area contributed by atoms with Crippen LogP contribution in [0.5, 0.6) is 5.75 Å². The number of amides is 2. The SMILES string of the molecule is COc1cc([N+](=O)[O-])ccc1N1C(=O)[C@@H]2[C@H](C1=O)[C@@H](C(=O)c1ccccc1)N1CCC[C@H]21. The number of nitro groups is 1. The zero-order chi connectivity index (χ0) is 22.6. The first kappa shape index (κ1) is 20.3. The van der Waals surface area contributed by atoms with Gasteiger partial charge in [-0.1, -0.05) is 30.3 Å². The number of carbonyl (C=O) groups excluding carboxylic acids is 3. The third-order valence-electron chi connectivity index (χ3n) is 6.79. The van der Waals surface area contributed by atoms with E-state index in [1.807, 2.05) is 11.0 Å². The van der Waals surface area contributed by atoms with Crippen molar-refractivity contribution in [2.24, 2.45) is 11.8 Å². The summed E-state index contributed by atoms with van der Waals surface area (Å²) in [6.07, 6.45) is 1.60. The molecule has 2 aromatic rings. The molecule has 3 fully saturated rings. The third kappa shape index (κ3) is 2.85. The van der Waals surface area contributed by atoms with Crippen molar-refractivity contribution in [3.05, 3.63) is 64.2 Å². The number of Topliss-reactive ketones (excluding diaryl/α,β-unsaturated/α-hetero) is 1. The third-order valence-corrected chi connectivity index (χ3v) is 6.79. The molecule has 0 aromatic heterocycles. The van der Waals surface area contributed by atoms with Crippen LogP contribution in [0.15, 0.2) is 48.5 Å². The van der Waals surface area contributed by atoms with E-state index in [1.54, 1.807) is 24.3 Å². The average molecular weight is 435 g/mol. The Bertz CT molecular complexity index is 1130. The zero-order valence-corrected chi connectivity index (χ0v) is 17.3. The van der Waals surface area contributed by atoms with Crippen molar-refractivity contribution in [2.45, 2.75) is 24.9 Å². The number of hydrogen-bond donors (Lipinski definition) is 0. The highest BCUT2D eigenvalue weighted by atomic mass is 16.6. The number of carbonyl (C=O) groups is 3. The fourth-order valence-corrected chi connectivity index (χ4v) is 5.49. The molecule has 2 amide bonds. The first-order chi connectivity index (χ1) is 15.4. The Kier molecular flexibility index (Phi) is 4.78. The maximum Gasteiger partial charge on any atom is 0.273 e. The van der Waals surface area contributed by atoms with Gasteiger partial charge in [0.1, 0.15) is 5.75 Å². The maximum atomic E-state index is 13.6. The molecule has 0 aliphatic carbocycles. The van der Waals surface area contributed by atoms with Crippen LogP contribution >= 0.6 is 0 Å². The fraction of sp³-hybridized carbons (Fsp3) is 0.348. The predicted molar refractivity (Wildman–Crippen MR) is 113 cm³/mol. The minimum Gasteiger partial charge on any atom is -0.494 e. The summed E-state index contributed by atoms with van der Waals surface area (Å²) >= 11 is 0.